The van der Waals surface area contributed by atoms with Crippen LogP contribution < -0.4 is 16.0 Å². The number of hydrogen-bond acceptors (Lipinski definition) is 6. The lowest BCUT2D eigenvalue weighted by atomic mass is 9.80. The van der Waals surface area contributed by atoms with Gasteiger partial charge in [0.25, 0.3) is 0 Å². The molecule has 2 aliphatic carbocycles. The van der Waals surface area contributed by atoms with E-state index in [4.69, 9.17) is 22.1 Å². The Morgan fingerprint density at radius 2 is 1.88 bits per heavy atom. The highest BCUT2D eigenvalue weighted by molar-refractivity contribution is 6.01. The SMILES string of the molecule is C#CC1CCC(Cn2c(N3CCCC3c3ccccc3)nc3nc(C(N)=NC(=O)O)nc(NC(C)C4CCC4)c32)CC1. The number of fused-ring (bicyclic) bond motifs is 1. The van der Waals surface area contributed by atoms with Crippen molar-refractivity contribution < 1.29 is 9.90 Å². The van der Waals surface area contributed by atoms with E-state index >= 15 is 0 Å². The summed E-state index contributed by atoms with van der Waals surface area (Å²) in [5, 5.41) is 12.9. The molecule has 1 aromatic carbocycles. The number of carbonyl (C=O) groups is 1. The second-order valence-corrected chi connectivity index (χ2v) is 12.1. The van der Waals surface area contributed by atoms with E-state index in [0.29, 0.717) is 29.2 Å². The van der Waals surface area contributed by atoms with Gasteiger partial charge in [0.2, 0.25) is 5.95 Å². The lowest BCUT2D eigenvalue weighted by molar-refractivity contribution is 0.205. The van der Waals surface area contributed by atoms with Crippen molar-refractivity contribution in [3.05, 3.63) is 41.7 Å². The van der Waals surface area contributed by atoms with Crippen LogP contribution in [0.15, 0.2) is 35.3 Å². The number of amidine groups is 1. The summed E-state index contributed by atoms with van der Waals surface area (Å²) in [6.45, 7) is 3.85. The second kappa shape index (κ2) is 12.0. The van der Waals surface area contributed by atoms with Crippen molar-refractivity contribution >= 4 is 34.9 Å². The molecule has 3 aliphatic rings. The van der Waals surface area contributed by atoms with Gasteiger partial charge in [0.05, 0.1) is 6.04 Å². The summed E-state index contributed by atoms with van der Waals surface area (Å²) >= 11 is 0. The number of carboxylic acid groups (broad SMARTS) is 1. The molecule has 1 aliphatic heterocycles. The Bertz CT molecular complexity index is 1500. The minimum absolute atomic E-state index is 0.0694. The van der Waals surface area contributed by atoms with Crippen molar-refractivity contribution in [3.63, 3.8) is 0 Å². The first-order chi connectivity index (χ1) is 20.4. The van der Waals surface area contributed by atoms with Crippen LogP contribution >= 0.6 is 0 Å². The van der Waals surface area contributed by atoms with Crippen molar-refractivity contribution in [1.82, 2.24) is 19.5 Å². The summed E-state index contributed by atoms with van der Waals surface area (Å²) in [6, 6.07) is 11.0. The molecule has 10 nitrogen and oxygen atoms in total. The first-order valence-electron chi connectivity index (χ1n) is 15.3. The zero-order valence-corrected chi connectivity index (χ0v) is 24.2. The minimum Gasteiger partial charge on any atom is -0.463 e. The van der Waals surface area contributed by atoms with Gasteiger partial charge in [-0.3, -0.25) is 0 Å². The number of terminal acetylenes is 1. The van der Waals surface area contributed by atoms with Crippen LogP contribution in [0.3, 0.4) is 0 Å². The molecular weight excluding hydrogens is 528 g/mol. The van der Waals surface area contributed by atoms with Crippen molar-refractivity contribution in [2.75, 3.05) is 16.8 Å². The average molecular weight is 569 g/mol. The highest BCUT2D eigenvalue weighted by Gasteiger charge is 2.34. The van der Waals surface area contributed by atoms with E-state index in [-0.39, 0.29) is 23.7 Å². The molecule has 0 spiro atoms. The van der Waals surface area contributed by atoms with Gasteiger partial charge in [-0.05, 0) is 75.7 Å². The smallest absolute Gasteiger partial charge is 0.433 e. The first-order valence-corrected chi connectivity index (χ1v) is 15.3. The fourth-order valence-corrected chi connectivity index (χ4v) is 6.86. The van der Waals surface area contributed by atoms with Crippen molar-refractivity contribution in [1.29, 1.82) is 0 Å². The lowest BCUT2D eigenvalue weighted by Crippen LogP contribution is -2.32. The summed E-state index contributed by atoms with van der Waals surface area (Å²) < 4.78 is 2.31. The van der Waals surface area contributed by atoms with E-state index in [2.05, 4.69) is 61.9 Å². The van der Waals surface area contributed by atoms with E-state index < -0.39 is 6.09 Å². The van der Waals surface area contributed by atoms with Gasteiger partial charge in [0, 0.05) is 25.0 Å². The zero-order chi connectivity index (χ0) is 29.2. The van der Waals surface area contributed by atoms with Crippen LogP contribution in [-0.2, 0) is 6.54 Å². The van der Waals surface area contributed by atoms with Gasteiger partial charge in [-0.15, -0.1) is 12.3 Å². The molecule has 1 amide bonds. The molecule has 2 saturated carbocycles. The number of anilines is 2. The number of nitrogens with zero attached hydrogens (tertiary/aromatic N) is 6. The second-order valence-electron chi connectivity index (χ2n) is 12.1. The van der Waals surface area contributed by atoms with Crippen LogP contribution in [0.5, 0.6) is 0 Å². The zero-order valence-electron chi connectivity index (χ0n) is 24.2. The molecule has 2 aromatic heterocycles. The van der Waals surface area contributed by atoms with Crippen LogP contribution in [0.1, 0.15) is 82.1 Å². The molecule has 10 heteroatoms. The molecule has 2 atom stereocenters. The quantitative estimate of drug-likeness (QED) is 0.182. The number of benzene rings is 1. The Kier molecular flexibility index (Phi) is 8.00. The topological polar surface area (TPSA) is 135 Å². The molecule has 4 N–H and O–H groups in total. The number of aromatic nitrogens is 4. The maximum atomic E-state index is 11.3. The van der Waals surface area contributed by atoms with E-state index in [1.54, 1.807) is 0 Å². The summed E-state index contributed by atoms with van der Waals surface area (Å²) in [7, 11) is 0. The Labute approximate surface area is 246 Å². The highest BCUT2D eigenvalue weighted by Crippen LogP contribution is 2.40. The predicted octanol–water partition coefficient (Wildman–Crippen LogP) is 5.59. The summed E-state index contributed by atoms with van der Waals surface area (Å²) in [5.74, 6) is 5.65. The summed E-state index contributed by atoms with van der Waals surface area (Å²) in [5.41, 5.74) is 8.68. The Morgan fingerprint density at radius 3 is 2.55 bits per heavy atom. The molecule has 42 heavy (non-hydrogen) atoms. The largest absolute Gasteiger partial charge is 0.463 e. The number of nitrogens with two attached hydrogens (primary N) is 1. The van der Waals surface area contributed by atoms with Gasteiger partial charge < -0.3 is 25.6 Å². The van der Waals surface area contributed by atoms with Gasteiger partial charge in [-0.1, -0.05) is 36.8 Å². The summed E-state index contributed by atoms with van der Waals surface area (Å²) in [6.07, 6.45) is 14.3. The van der Waals surface area contributed by atoms with Crippen LogP contribution in [0.4, 0.5) is 16.6 Å². The van der Waals surface area contributed by atoms with Gasteiger partial charge in [0.15, 0.2) is 23.1 Å². The number of hydrogen-bond donors (Lipinski definition) is 3. The molecule has 0 radical (unpaired) electrons. The molecule has 2 unspecified atom stereocenters. The van der Waals surface area contributed by atoms with Crippen molar-refractivity contribution in [3.8, 4) is 12.3 Å². The van der Waals surface area contributed by atoms with Crippen LogP contribution in [-0.4, -0.2) is 49.1 Å². The number of amides is 1. The van der Waals surface area contributed by atoms with Crippen molar-refractivity contribution in [2.24, 2.45) is 28.5 Å². The number of aliphatic imine (C=N–C) groups is 1. The average Bonchev–Trinajstić information content (AvgIpc) is 3.57. The third-order valence-corrected chi connectivity index (χ3v) is 9.47. The first kappa shape index (κ1) is 28.0. The summed E-state index contributed by atoms with van der Waals surface area (Å²) in [4.78, 5) is 31.9. The fourth-order valence-electron chi connectivity index (χ4n) is 6.86. The van der Waals surface area contributed by atoms with E-state index in [1.165, 1.54) is 24.8 Å². The standard InChI is InChI=1S/C32H40N8O2/c1-3-21-14-16-22(17-15-21)19-40-26-28(34-20(2)23-11-7-12-23)36-30(27(33)35-32(41)42)37-29(26)38-31(40)39-18-8-13-25(39)24-9-5-4-6-10-24/h1,4-6,9-10,20-23,25H,7-8,11-19H2,2H3,(H2,33,35)(H,41,42)(H,34,36,37). The van der Waals surface area contributed by atoms with Crippen LogP contribution in [0, 0.1) is 30.1 Å². The van der Waals surface area contributed by atoms with E-state index in [1.807, 2.05) is 6.07 Å². The van der Waals surface area contributed by atoms with Gasteiger partial charge >= 0.3 is 6.09 Å². The molecule has 220 valence electrons. The lowest BCUT2D eigenvalue weighted by Gasteiger charge is -2.33. The number of nitrogens with one attached hydrogen (secondary N) is 1. The maximum Gasteiger partial charge on any atom is 0.433 e. The Balaban J connectivity index is 1.48. The van der Waals surface area contributed by atoms with Crippen LogP contribution in [0.25, 0.3) is 11.2 Å². The predicted molar refractivity (Wildman–Crippen MR) is 165 cm³/mol. The van der Waals surface area contributed by atoms with Crippen molar-refractivity contribution in [2.45, 2.75) is 83.3 Å². The van der Waals surface area contributed by atoms with Gasteiger partial charge in [-0.2, -0.15) is 9.98 Å². The highest BCUT2D eigenvalue weighted by atomic mass is 16.4. The van der Waals surface area contributed by atoms with Gasteiger partial charge in [0.1, 0.15) is 5.52 Å². The molecule has 3 aromatic rings. The molecular formula is C32H40N8O2. The number of imidazole rings is 1. The number of rotatable bonds is 8. The molecule has 3 fully saturated rings. The molecule has 3 heterocycles. The molecule has 0 bridgehead atoms. The minimum atomic E-state index is -1.38. The van der Waals surface area contributed by atoms with Gasteiger partial charge in [-0.25, -0.2) is 14.8 Å². The van der Waals surface area contributed by atoms with E-state index in [0.717, 1.165) is 63.1 Å². The Morgan fingerprint density at radius 1 is 1.12 bits per heavy atom. The monoisotopic (exact) mass is 568 g/mol. The normalized spacial score (nSPS) is 23.9. The molecule has 1 saturated heterocycles. The fraction of sp³-hybridized carbons (Fsp3) is 0.531. The maximum absolute atomic E-state index is 11.3. The third kappa shape index (κ3) is 5.65. The van der Waals surface area contributed by atoms with Crippen LogP contribution in [0.2, 0.25) is 0 Å². The molecule has 6 rings (SSSR count). The third-order valence-electron chi connectivity index (χ3n) is 9.47. The Hall–Kier alpha value is -4.13. The van der Waals surface area contributed by atoms with E-state index in [9.17, 15) is 9.90 Å².